The average molecular weight is 540 g/mol. The van der Waals surface area contributed by atoms with E-state index < -0.39 is 59.7 Å². The summed E-state index contributed by atoms with van der Waals surface area (Å²) >= 11 is 0. The Kier molecular flexibility index (Phi) is 14.0. The van der Waals surface area contributed by atoms with Crippen LogP contribution in [-0.4, -0.2) is 81.3 Å². The van der Waals surface area contributed by atoms with Crippen LogP contribution in [0.1, 0.15) is 50.6 Å². The lowest BCUT2D eigenvalue weighted by molar-refractivity contribution is -0.142. The number of hydrogen-bond acceptors (Lipinski definition) is 9. The van der Waals surface area contributed by atoms with Crippen LogP contribution in [0.2, 0.25) is 0 Å². The molecule has 0 aliphatic carbocycles. The van der Waals surface area contributed by atoms with Gasteiger partial charge in [-0.15, -0.1) is 0 Å². The number of carboxylic acids is 1. The van der Waals surface area contributed by atoms with Crippen molar-refractivity contribution in [3.05, 3.63) is 18.2 Å². The van der Waals surface area contributed by atoms with Crippen molar-refractivity contribution in [2.24, 2.45) is 22.9 Å². The van der Waals surface area contributed by atoms with E-state index in [4.69, 9.17) is 22.9 Å². The monoisotopic (exact) mass is 539 g/mol. The van der Waals surface area contributed by atoms with Crippen molar-refractivity contribution in [2.75, 3.05) is 6.54 Å². The van der Waals surface area contributed by atoms with Crippen LogP contribution in [0, 0.1) is 0 Å². The minimum atomic E-state index is -1.48. The van der Waals surface area contributed by atoms with Gasteiger partial charge >= 0.3 is 5.97 Å². The van der Waals surface area contributed by atoms with Gasteiger partial charge in [0.05, 0.1) is 12.4 Å². The summed E-state index contributed by atoms with van der Waals surface area (Å²) in [5.41, 5.74) is 22.1. The predicted octanol–water partition coefficient (Wildman–Crippen LogP) is -3.52. The van der Waals surface area contributed by atoms with Gasteiger partial charge < -0.3 is 49.0 Å². The number of rotatable bonds is 19. The minimum absolute atomic E-state index is 0.0341. The molecular formula is C22H37N9O7. The number of hydrogen-bond donors (Lipinski definition) is 9. The summed E-state index contributed by atoms with van der Waals surface area (Å²) in [5, 5.41) is 16.6. The third kappa shape index (κ3) is 12.3. The summed E-state index contributed by atoms with van der Waals surface area (Å²) in [4.78, 5) is 79.3. The number of primary amides is 2. The van der Waals surface area contributed by atoms with Gasteiger partial charge in [-0.05, 0) is 32.2 Å². The maximum atomic E-state index is 13.2. The number of carbonyl (C=O) groups is 6. The van der Waals surface area contributed by atoms with Gasteiger partial charge in [0.2, 0.25) is 29.5 Å². The summed E-state index contributed by atoms with van der Waals surface area (Å²) in [7, 11) is 0. The van der Waals surface area contributed by atoms with Crippen molar-refractivity contribution in [1.82, 2.24) is 25.9 Å². The van der Waals surface area contributed by atoms with Crippen LogP contribution in [0.15, 0.2) is 12.5 Å². The highest BCUT2D eigenvalue weighted by Crippen LogP contribution is 2.06. The normalized spacial score (nSPS) is 13.9. The first-order valence-corrected chi connectivity index (χ1v) is 12.1. The molecule has 212 valence electrons. The second-order valence-corrected chi connectivity index (χ2v) is 8.70. The number of carboxylic acid groups (broad SMARTS) is 1. The van der Waals surface area contributed by atoms with Gasteiger partial charge in [0.1, 0.15) is 18.1 Å². The van der Waals surface area contributed by atoms with Crippen molar-refractivity contribution in [2.45, 2.75) is 75.5 Å². The van der Waals surface area contributed by atoms with Gasteiger partial charge in [0.15, 0.2) is 0 Å². The molecule has 0 spiro atoms. The van der Waals surface area contributed by atoms with E-state index in [1.54, 1.807) is 0 Å². The Morgan fingerprint density at radius 2 is 1.39 bits per heavy atom. The molecule has 1 aromatic rings. The van der Waals surface area contributed by atoms with E-state index in [1.807, 2.05) is 0 Å². The first-order chi connectivity index (χ1) is 17.9. The van der Waals surface area contributed by atoms with E-state index in [0.29, 0.717) is 31.5 Å². The fourth-order valence-corrected chi connectivity index (χ4v) is 3.39. The Morgan fingerprint density at radius 1 is 0.842 bits per heavy atom. The lowest BCUT2D eigenvalue weighted by Gasteiger charge is -2.25. The molecule has 0 aliphatic rings. The summed E-state index contributed by atoms with van der Waals surface area (Å²) in [6.45, 7) is 0.444. The van der Waals surface area contributed by atoms with E-state index in [0.717, 1.165) is 0 Å². The largest absolute Gasteiger partial charge is 0.480 e. The van der Waals surface area contributed by atoms with Crippen LogP contribution in [0.25, 0.3) is 0 Å². The molecule has 0 fully saturated rings. The second-order valence-electron chi connectivity index (χ2n) is 8.70. The number of amides is 5. The molecule has 5 amide bonds. The van der Waals surface area contributed by atoms with E-state index in [-0.39, 0.29) is 32.1 Å². The number of nitrogens with two attached hydrogens (primary N) is 4. The summed E-state index contributed by atoms with van der Waals surface area (Å²) < 4.78 is 0. The number of carbonyl (C=O) groups excluding carboxylic acids is 5. The quantitative estimate of drug-likeness (QED) is 0.0780. The van der Waals surface area contributed by atoms with Crippen LogP contribution >= 0.6 is 0 Å². The maximum absolute atomic E-state index is 13.2. The Bertz CT molecular complexity index is 955. The molecule has 0 aliphatic heterocycles. The van der Waals surface area contributed by atoms with E-state index in [2.05, 4.69) is 25.9 Å². The van der Waals surface area contributed by atoms with Crippen LogP contribution in [0.3, 0.4) is 0 Å². The number of aromatic amines is 1. The Hall–Kier alpha value is -4.05. The summed E-state index contributed by atoms with van der Waals surface area (Å²) in [5.74, 6) is -5.27. The molecule has 1 heterocycles. The van der Waals surface area contributed by atoms with E-state index in [1.165, 1.54) is 12.5 Å². The third-order valence-electron chi connectivity index (χ3n) is 5.52. The van der Waals surface area contributed by atoms with Gasteiger partial charge in [-0.1, -0.05) is 6.42 Å². The van der Waals surface area contributed by atoms with Crippen molar-refractivity contribution in [3.63, 3.8) is 0 Å². The average Bonchev–Trinajstić information content (AvgIpc) is 3.36. The van der Waals surface area contributed by atoms with Gasteiger partial charge in [0, 0.05) is 31.2 Å². The number of aromatic nitrogens is 2. The topological polar surface area (TPSA) is 292 Å². The first-order valence-electron chi connectivity index (χ1n) is 12.1. The number of nitrogens with zero attached hydrogens (tertiary/aromatic N) is 1. The fourth-order valence-electron chi connectivity index (χ4n) is 3.39. The van der Waals surface area contributed by atoms with Crippen LogP contribution in [0.5, 0.6) is 0 Å². The van der Waals surface area contributed by atoms with Crippen molar-refractivity contribution < 1.29 is 33.9 Å². The van der Waals surface area contributed by atoms with Crippen LogP contribution < -0.4 is 38.9 Å². The Balaban J connectivity index is 3.04. The molecule has 38 heavy (non-hydrogen) atoms. The van der Waals surface area contributed by atoms with Gasteiger partial charge in [0.25, 0.3) is 0 Å². The number of imidazole rings is 1. The highest BCUT2D eigenvalue weighted by molar-refractivity contribution is 5.94. The molecule has 13 N–H and O–H groups in total. The molecule has 0 bridgehead atoms. The molecule has 4 atom stereocenters. The number of nitrogens with one attached hydrogen (secondary N) is 4. The highest BCUT2D eigenvalue weighted by Gasteiger charge is 2.31. The minimum Gasteiger partial charge on any atom is -0.480 e. The standard InChI is InChI=1S/C22H37N9O7/c23-8-2-1-3-13(24)19(34)31-16(9-12-10-27-11-28-12)21(36)29-14(4-6-17(25)32)20(35)30-15(22(37)38)5-7-18(26)33/h10-11,13-16H,1-9,23-24H2,(H2,25,32)(H2,26,33)(H,27,28)(H,29,36)(H,30,35)(H,31,34)(H,37,38). The number of unbranched alkanes of at least 4 members (excludes halogenated alkanes) is 1. The summed E-state index contributed by atoms with van der Waals surface area (Å²) in [6, 6.07) is -4.97. The molecule has 1 aromatic heterocycles. The zero-order valence-corrected chi connectivity index (χ0v) is 21.0. The molecule has 16 nitrogen and oxygen atoms in total. The van der Waals surface area contributed by atoms with E-state index in [9.17, 15) is 33.9 Å². The molecule has 0 radical (unpaired) electrons. The fraction of sp³-hybridized carbons (Fsp3) is 0.591. The lowest BCUT2D eigenvalue weighted by Crippen LogP contribution is -2.57. The number of H-pyrrole nitrogens is 1. The molecule has 1 rings (SSSR count). The zero-order valence-electron chi connectivity index (χ0n) is 21.0. The van der Waals surface area contributed by atoms with Gasteiger partial charge in [-0.3, -0.25) is 24.0 Å². The van der Waals surface area contributed by atoms with Crippen molar-refractivity contribution in [1.29, 1.82) is 0 Å². The Labute approximate surface area is 219 Å². The van der Waals surface area contributed by atoms with E-state index >= 15 is 0 Å². The Morgan fingerprint density at radius 3 is 1.92 bits per heavy atom. The molecule has 0 saturated heterocycles. The van der Waals surface area contributed by atoms with Crippen molar-refractivity contribution in [3.8, 4) is 0 Å². The van der Waals surface area contributed by atoms with Crippen LogP contribution in [-0.2, 0) is 35.2 Å². The summed E-state index contributed by atoms with van der Waals surface area (Å²) in [6.07, 6.45) is 3.27. The predicted molar refractivity (Wildman–Crippen MR) is 133 cm³/mol. The third-order valence-corrected chi connectivity index (χ3v) is 5.52. The van der Waals surface area contributed by atoms with Crippen molar-refractivity contribution >= 4 is 35.5 Å². The second kappa shape index (κ2) is 16.6. The molecule has 0 saturated carbocycles. The van der Waals surface area contributed by atoms with Gasteiger partial charge in [-0.2, -0.15) is 0 Å². The molecule has 16 heteroatoms. The molecule has 0 aromatic carbocycles. The first kappa shape index (κ1) is 32.0. The smallest absolute Gasteiger partial charge is 0.326 e. The lowest BCUT2D eigenvalue weighted by atomic mass is 10.0. The zero-order chi connectivity index (χ0) is 28.7. The van der Waals surface area contributed by atoms with Gasteiger partial charge in [-0.25, -0.2) is 9.78 Å². The highest BCUT2D eigenvalue weighted by atomic mass is 16.4. The SMILES string of the molecule is NCCCCC(N)C(=O)NC(Cc1cnc[nH]1)C(=O)NC(CCC(N)=O)C(=O)NC(CCC(N)=O)C(=O)O. The number of aliphatic carboxylic acids is 1. The molecule has 4 unspecified atom stereocenters. The van der Waals surface area contributed by atoms with Crippen LogP contribution in [0.4, 0.5) is 0 Å². The molecular weight excluding hydrogens is 502 g/mol. The maximum Gasteiger partial charge on any atom is 0.326 e.